The van der Waals surface area contributed by atoms with Crippen LogP contribution in [0.25, 0.3) is 0 Å². The largest absolute Gasteiger partial charge is 0.480 e. The molecule has 2 amide bonds. The summed E-state index contributed by atoms with van der Waals surface area (Å²) in [4.78, 5) is 35.0. The second kappa shape index (κ2) is 3.30. The van der Waals surface area contributed by atoms with Gasteiger partial charge in [0.1, 0.15) is 6.04 Å². The number of hydrogen-bond donors (Lipinski definition) is 2. The van der Waals surface area contributed by atoms with Crippen molar-refractivity contribution in [2.75, 3.05) is 13.1 Å². The quantitative estimate of drug-likeness (QED) is 0.553. The maximum atomic E-state index is 11.3. The Morgan fingerprint density at radius 3 is 2.27 bits per heavy atom. The third kappa shape index (κ3) is 1.50. The summed E-state index contributed by atoms with van der Waals surface area (Å²) >= 11 is 0. The molecule has 0 aliphatic carbocycles. The van der Waals surface area contributed by atoms with Gasteiger partial charge in [0.05, 0.1) is 11.8 Å². The number of carbonyl (C=O) groups excluding carboxylic acids is 2. The van der Waals surface area contributed by atoms with Crippen LogP contribution in [0.4, 0.5) is 0 Å². The number of aliphatic carboxylic acids is 1. The zero-order chi connectivity index (χ0) is 11.2. The molecule has 15 heavy (non-hydrogen) atoms. The molecule has 6 heteroatoms. The molecule has 2 aliphatic rings. The molecule has 82 valence electrons. The van der Waals surface area contributed by atoms with Gasteiger partial charge in [-0.3, -0.25) is 24.6 Å². The van der Waals surface area contributed by atoms with E-state index < -0.39 is 12.0 Å². The van der Waals surface area contributed by atoms with Crippen LogP contribution in [-0.4, -0.2) is 46.9 Å². The lowest BCUT2D eigenvalue weighted by atomic mass is 10.00. The Bertz CT molecular complexity index is 319. The molecule has 2 fully saturated rings. The van der Waals surface area contributed by atoms with Crippen molar-refractivity contribution in [3.63, 3.8) is 0 Å². The minimum atomic E-state index is -0.928. The fourth-order valence-corrected chi connectivity index (χ4v) is 2.14. The summed E-state index contributed by atoms with van der Waals surface area (Å²) in [7, 11) is 0. The van der Waals surface area contributed by atoms with Crippen molar-refractivity contribution in [2.24, 2.45) is 11.8 Å². The van der Waals surface area contributed by atoms with Crippen molar-refractivity contribution in [3.05, 3.63) is 0 Å². The molecule has 6 nitrogen and oxygen atoms in total. The summed E-state index contributed by atoms with van der Waals surface area (Å²) in [6.07, 6.45) is 0. The zero-order valence-corrected chi connectivity index (χ0v) is 8.27. The van der Waals surface area contributed by atoms with Crippen LogP contribution in [0.15, 0.2) is 0 Å². The van der Waals surface area contributed by atoms with Gasteiger partial charge in [0.2, 0.25) is 11.8 Å². The van der Waals surface area contributed by atoms with Crippen molar-refractivity contribution in [3.8, 4) is 0 Å². The highest BCUT2D eigenvalue weighted by Crippen LogP contribution is 2.29. The molecule has 2 rings (SSSR count). The minimum Gasteiger partial charge on any atom is -0.480 e. The first-order chi connectivity index (χ1) is 7.00. The number of rotatable bonds is 2. The van der Waals surface area contributed by atoms with Gasteiger partial charge in [-0.25, -0.2) is 0 Å². The van der Waals surface area contributed by atoms with Crippen LogP contribution in [0.5, 0.6) is 0 Å². The SMILES string of the molecule is CC(C(=O)O)N1CC2C(=O)NC(=O)C2C1. The number of amides is 2. The van der Waals surface area contributed by atoms with E-state index in [4.69, 9.17) is 5.11 Å². The topological polar surface area (TPSA) is 86.7 Å². The summed E-state index contributed by atoms with van der Waals surface area (Å²) in [5.74, 6) is -2.20. The molecule has 2 heterocycles. The smallest absolute Gasteiger partial charge is 0.320 e. The third-order valence-electron chi connectivity index (χ3n) is 3.17. The number of fused-ring (bicyclic) bond motifs is 1. The van der Waals surface area contributed by atoms with Gasteiger partial charge in [0, 0.05) is 13.1 Å². The van der Waals surface area contributed by atoms with Gasteiger partial charge < -0.3 is 5.11 Å². The summed E-state index contributed by atoms with van der Waals surface area (Å²) in [6.45, 7) is 2.27. The Hall–Kier alpha value is -1.43. The summed E-state index contributed by atoms with van der Waals surface area (Å²) in [6, 6.07) is -0.642. The van der Waals surface area contributed by atoms with Gasteiger partial charge in [0.25, 0.3) is 0 Å². The van der Waals surface area contributed by atoms with E-state index in [1.807, 2.05) is 0 Å². The van der Waals surface area contributed by atoms with E-state index in [1.54, 1.807) is 11.8 Å². The summed E-state index contributed by atoms with van der Waals surface area (Å²) in [5, 5.41) is 11.1. The van der Waals surface area contributed by atoms with E-state index in [0.29, 0.717) is 13.1 Å². The first-order valence-electron chi connectivity index (χ1n) is 4.82. The maximum absolute atomic E-state index is 11.3. The average Bonchev–Trinajstić information content (AvgIpc) is 2.68. The van der Waals surface area contributed by atoms with Gasteiger partial charge in [-0.1, -0.05) is 0 Å². The molecule has 0 spiro atoms. The highest BCUT2D eigenvalue weighted by Gasteiger charge is 2.49. The molecule has 2 N–H and O–H groups in total. The Labute approximate surface area is 86.2 Å². The molecular weight excluding hydrogens is 200 g/mol. The number of carboxylic acid groups (broad SMARTS) is 1. The second-order valence-electron chi connectivity index (χ2n) is 4.03. The standard InChI is InChI=1S/C9H12N2O4/c1-4(9(14)15)11-2-5-6(3-11)8(13)10-7(5)12/h4-6H,2-3H2,1H3,(H,14,15)(H,10,12,13). The summed E-state index contributed by atoms with van der Waals surface area (Å²) in [5.41, 5.74) is 0. The lowest BCUT2D eigenvalue weighted by molar-refractivity contribution is -0.143. The molecule has 0 aromatic rings. The monoisotopic (exact) mass is 212 g/mol. The van der Waals surface area contributed by atoms with Crippen molar-refractivity contribution in [1.82, 2.24) is 10.2 Å². The van der Waals surface area contributed by atoms with E-state index in [9.17, 15) is 14.4 Å². The second-order valence-corrected chi connectivity index (χ2v) is 4.03. The molecule has 2 saturated heterocycles. The summed E-state index contributed by atoms with van der Waals surface area (Å²) < 4.78 is 0. The fourth-order valence-electron chi connectivity index (χ4n) is 2.14. The molecule has 3 atom stereocenters. The lowest BCUT2D eigenvalue weighted by Gasteiger charge is -2.20. The molecule has 0 aromatic heterocycles. The van der Waals surface area contributed by atoms with E-state index >= 15 is 0 Å². The number of nitrogens with one attached hydrogen (secondary N) is 1. The van der Waals surface area contributed by atoms with Gasteiger partial charge in [-0.05, 0) is 6.92 Å². The molecule has 0 saturated carbocycles. The number of imide groups is 1. The van der Waals surface area contributed by atoms with Crippen molar-refractivity contribution in [2.45, 2.75) is 13.0 Å². The van der Waals surface area contributed by atoms with Gasteiger partial charge in [0.15, 0.2) is 0 Å². The van der Waals surface area contributed by atoms with E-state index in [2.05, 4.69) is 5.32 Å². The van der Waals surface area contributed by atoms with Gasteiger partial charge in [-0.2, -0.15) is 0 Å². The van der Waals surface area contributed by atoms with E-state index in [1.165, 1.54) is 0 Å². The number of carboxylic acids is 1. The predicted octanol–water partition coefficient (Wildman–Crippen LogP) is -1.34. The molecule has 3 unspecified atom stereocenters. The molecule has 0 bridgehead atoms. The fraction of sp³-hybridized carbons (Fsp3) is 0.667. The Balaban J connectivity index is 2.10. The van der Waals surface area contributed by atoms with Crippen LogP contribution in [0.3, 0.4) is 0 Å². The molecule has 0 radical (unpaired) electrons. The molecule has 0 aromatic carbocycles. The third-order valence-corrected chi connectivity index (χ3v) is 3.17. The number of likely N-dealkylation sites (tertiary alicyclic amines) is 1. The van der Waals surface area contributed by atoms with Crippen molar-refractivity contribution < 1.29 is 19.5 Å². The van der Waals surface area contributed by atoms with Crippen molar-refractivity contribution in [1.29, 1.82) is 0 Å². The Morgan fingerprint density at radius 2 is 1.87 bits per heavy atom. The van der Waals surface area contributed by atoms with Crippen LogP contribution >= 0.6 is 0 Å². The zero-order valence-electron chi connectivity index (χ0n) is 8.27. The first kappa shape index (κ1) is 10.1. The maximum Gasteiger partial charge on any atom is 0.320 e. The van der Waals surface area contributed by atoms with Crippen molar-refractivity contribution >= 4 is 17.8 Å². The first-order valence-corrected chi connectivity index (χ1v) is 4.82. The predicted molar refractivity (Wildman–Crippen MR) is 48.8 cm³/mol. The number of nitrogens with zero attached hydrogens (tertiary/aromatic N) is 1. The van der Waals surface area contributed by atoms with Crippen LogP contribution in [-0.2, 0) is 14.4 Å². The molecular formula is C9H12N2O4. The van der Waals surface area contributed by atoms with Crippen LogP contribution in [0.1, 0.15) is 6.92 Å². The van der Waals surface area contributed by atoms with Crippen LogP contribution in [0.2, 0.25) is 0 Å². The molecule has 2 aliphatic heterocycles. The average molecular weight is 212 g/mol. The Morgan fingerprint density at radius 1 is 1.40 bits per heavy atom. The van der Waals surface area contributed by atoms with Crippen LogP contribution < -0.4 is 5.32 Å². The highest BCUT2D eigenvalue weighted by atomic mass is 16.4. The van der Waals surface area contributed by atoms with E-state index in [-0.39, 0.29) is 23.7 Å². The Kier molecular flexibility index (Phi) is 2.22. The normalized spacial score (nSPS) is 32.6. The number of carbonyl (C=O) groups is 3. The van der Waals surface area contributed by atoms with E-state index in [0.717, 1.165) is 0 Å². The lowest BCUT2D eigenvalue weighted by Crippen LogP contribution is -2.40. The minimum absolute atomic E-state index is 0.273. The van der Waals surface area contributed by atoms with Gasteiger partial charge >= 0.3 is 5.97 Å². The number of hydrogen-bond acceptors (Lipinski definition) is 4. The highest BCUT2D eigenvalue weighted by molar-refractivity contribution is 6.05. The van der Waals surface area contributed by atoms with Gasteiger partial charge in [-0.15, -0.1) is 0 Å². The van der Waals surface area contributed by atoms with Crippen LogP contribution in [0, 0.1) is 11.8 Å².